The Morgan fingerprint density at radius 2 is 0.500 bits per heavy atom. The molecule has 0 aromatic rings. The summed E-state index contributed by atoms with van der Waals surface area (Å²) in [4.78, 5) is 0. The molecule has 0 unspecified atom stereocenters. The second kappa shape index (κ2) is 44.7. The third-order valence-corrected chi connectivity index (χ3v) is 8.28. The van der Waals surface area contributed by atoms with E-state index in [2.05, 4.69) is 27.0 Å². The van der Waals surface area contributed by atoms with Crippen LogP contribution in [0.1, 0.15) is 219 Å². The van der Waals surface area contributed by atoms with E-state index in [0.29, 0.717) is 0 Å². The van der Waals surface area contributed by atoms with Gasteiger partial charge in [0.05, 0.1) is 0 Å². The van der Waals surface area contributed by atoms with Gasteiger partial charge in [-0.3, -0.25) is 9.11 Å². The first-order chi connectivity index (χ1) is 21.4. The van der Waals surface area contributed by atoms with Crippen molar-refractivity contribution in [2.75, 3.05) is 13.2 Å². The van der Waals surface area contributed by atoms with Crippen LogP contribution in [0.4, 0.5) is 0 Å². The van der Waals surface area contributed by atoms with Crippen LogP contribution in [0.2, 0.25) is 0 Å². The molecular formula is C38H80O5S. The van der Waals surface area contributed by atoms with Gasteiger partial charge in [-0.1, -0.05) is 206 Å². The van der Waals surface area contributed by atoms with Gasteiger partial charge in [0, 0.05) is 13.2 Å². The normalized spacial score (nSPS) is 11.1. The fourth-order valence-electron chi connectivity index (χ4n) is 5.61. The Balaban J connectivity index is -0.00000216. The summed E-state index contributed by atoms with van der Waals surface area (Å²) in [5.41, 5.74) is 0. The maximum atomic E-state index is 8.74. The highest BCUT2D eigenvalue weighted by atomic mass is 32.3. The largest absolute Gasteiger partial charge is 0.394 e. The van der Waals surface area contributed by atoms with Gasteiger partial charge in [-0.15, -0.1) is 13.2 Å². The van der Waals surface area contributed by atoms with E-state index in [-0.39, 0.29) is 0 Å². The average molecular weight is 649 g/mol. The monoisotopic (exact) mass is 649 g/mol. The van der Waals surface area contributed by atoms with Crippen LogP contribution in [-0.2, 0) is 15.1 Å². The van der Waals surface area contributed by atoms with Gasteiger partial charge in [-0.2, -0.15) is 8.42 Å². The first-order valence-corrected chi connectivity index (χ1v) is 20.6. The summed E-state index contributed by atoms with van der Waals surface area (Å²) in [6, 6.07) is 0. The van der Waals surface area contributed by atoms with Crippen molar-refractivity contribution in [2.45, 2.75) is 219 Å². The molecule has 0 saturated carbocycles. The minimum Gasteiger partial charge on any atom is -0.381 e. The third-order valence-electron chi connectivity index (χ3n) is 8.28. The van der Waals surface area contributed by atoms with Crippen molar-refractivity contribution in [3.63, 3.8) is 0 Å². The molecule has 0 radical (unpaired) electrons. The van der Waals surface area contributed by atoms with Crippen LogP contribution in [0, 0.1) is 0 Å². The highest BCUT2D eigenvalue weighted by Crippen LogP contribution is 2.15. The minimum absolute atomic E-state index is 0.997. The lowest BCUT2D eigenvalue weighted by molar-refractivity contribution is 0.125. The molecule has 0 bridgehead atoms. The van der Waals surface area contributed by atoms with Crippen LogP contribution in [0.25, 0.3) is 0 Å². The van der Waals surface area contributed by atoms with E-state index in [9.17, 15) is 0 Å². The Morgan fingerprint density at radius 3 is 0.659 bits per heavy atom. The second-order valence-corrected chi connectivity index (χ2v) is 13.6. The number of hydrogen-bond donors (Lipinski definition) is 2. The zero-order valence-corrected chi connectivity index (χ0v) is 30.8. The van der Waals surface area contributed by atoms with Crippen molar-refractivity contribution in [3.05, 3.63) is 13.2 Å². The van der Waals surface area contributed by atoms with Crippen molar-refractivity contribution in [1.82, 2.24) is 0 Å². The highest BCUT2D eigenvalue weighted by Gasteiger charge is 1.97. The van der Waals surface area contributed by atoms with E-state index in [1.807, 2.05) is 0 Å². The fourth-order valence-corrected chi connectivity index (χ4v) is 5.61. The molecule has 0 aliphatic rings. The quantitative estimate of drug-likeness (QED) is 0.0412. The summed E-state index contributed by atoms with van der Waals surface area (Å²) < 4.78 is 37.5. The smallest absolute Gasteiger partial charge is 0.381 e. The van der Waals surface area contributed by atoms with Gasteiger partial charge in [-0.25, -0.2) is 0 Å². The van der Waals surface area contributed by atoms with E-state index in [0.717, 1.165) is 13.2 Å². The van der Waals surface area contributed by atoms with Crippen LogP contribution in [0.5, 0.6) is 0 Å². The molecule has 0 saturated heterocycles. The molecule has 0 rings (SSSR count). The molecule has 0 fully saturated rings. The predicted molar refractivity (Wildman–Crippen MR) is 195 cm³/mol. The molecule has 0 aliphatic heterocycles. The van der Waals surface area contributed by atoms with Crippen LogP contribution in [0.3, 0.4) is 0 Å². The van der Waals surface area contributed by atoms with Gasteiger partial charge in [0.1, 0.15) is 0 Å². The number of rotatable bonds is 34. The van der Waals surface area contributed by atoms with Gasteiger partial charge in [0.2, 0.25) is 0 Å². The summed E-state index contributed by atoms with van der Waals surface area (Å²) in [5.74, 6) is 0. The van der Waals surface area contributed by atoms with Gasteiger partial charge < -0.3 is 4.74 Å². The molecule has 0 aromatic heterocycles. The lowest BCUT2D eigenvalue weighted by atomic mass is 10.0. The minimum atomic E-state index is -4.67. The molecule has 5 nitrogen and oxygen atoms in total. The maximum absolute atomic E-state index is 8.74. The van der Waals surface area contributed by atoms with E-state index in [1.165, 1.54) is 205 Å². The summed E-state index contributed by atoms with van der Waals surface area (Å²) in [6.07, 6.45) is 46.0. The fraction of sp³-hybridized carbons (Fsp3) is 0.947. The van der Waals surface area contributed by atoms with Crippen molar-refractivity contribution in [1.29, 1.82) is 0 Å². The molecule has 0 heterocycles. The van der Waals surface area contributed by atoms with Crippen molar-refractivity contribution < 1.29 is 22.3 Å². The van der Waals surface area contributed by atoms with Gasteiger partial charge in [0.25, 0.3) is 0 Å². The van der Waals surface area contributed by atoms with E-state index in [1.54, 1.807) is 0 Å². The molecule has 0 amide bonds. The van der Waals surface area contributed by atoms with E-state index < -0.39 is 10.4 Å². The summed E-state index contributed by atoms with van der Waals surface area (Å²) in [5, 5.41) is 0. The SMILES string of the molecule is C=C.CCCCCCCCCCCCCCCCCCOCCCCCCCCCCCCCCCCCC.O=S(=O)(O)O. The molecule has 0 atom stereocenters. The lowest BCUT2D eigenvalue weighted by Crippen LogP contribution is -1.97. The summed E-state index contributed by atoms with van der Waals surface area (Å²) >= 11 is 0. The van der Waals surface area contributed by atoms with Crippen molar-refractivity contribution in [3.8, 4) is 0 Å². The molecule has 0 aliphatic carbocycles. The highest BCUT2D eigenvalue weighted by molar-refractivity contribution is 7.79. The van der Waals surface area contributed by atoms with Gasteiger partial charge >= 0.3 is 10.4 Å². The lowest BCUT2D eigenvalue weighted by Gasteiger charge is -2.06. The van der Waals surface area contributed by atoms with Crippen LogP contribution < -0.4 is 0 Å². The Kier molecular flexibility index (Phi) is 48.7. The molecule has 0 spiro atoms. The molecule has 268 valence electrons. The van der Waals surface area contributed by atoms with Crippen molar-refractivity contribution >= 4 is 10.4 Å². The topological polar surface area (TPSA) is 83.8 Å². The molecule has 44 heavy (non-hydrogen) atoms. The Bertz CT molecular complexity index is 540. The zero-order valence-electron chi connectivity index (χ0n) is 30.0. The standard InChI is InChI=1S/C36H74O.C2H4.H2O4S/c1-3-5-7-9-11-13-15-17-19-21-23-25-27-29-31-33-35-37-36-34-32-30-28-26-24-22-20-18-16-14-12-10-8-6-4-2;1-2;1-5(2,3)4/h3-36H2,1-2H3;1-2H2;(H2,1,2,3,4). The van der Waals surface area contributed by atoms with Gasteiger partial charge in [0.15, 0.2) is 0 Å². The second-order valence-electron chi connectivity index (χ2n) is 12.7. The van der Waals surface area contributed by atoms with Crippen molar-refractivity contribution in [2.24, 2.45) is 0 Å². The average Bonchev–Trinajstić information content (AvgIpc) is 2.99. The Morgan fingerprint density at radius 1 is 0.364 bits per heavy atom. The molecule has 2 N–H and O–H groups in total. The third kappa shape index (κ3) is 60.7. The maximum Gasteiger partial charge on any atom is 0.394 e. The summed E-state index contributed by atoms with van der Waals surface area (Å²) in [7, 11) is -4.67. The number of hydrogen-bond acceptors (Lipinski definition) is 3. The predicted octanol–water partition coefficient (Wildman–Crippen LogP) is 13.7. The first kappa shape index (κ1) is 48.0. The first-order valence-electron chi connectivity index (χ1n) is 19.2. The molecular weight excluding hydrogens is 568 g/mol. The number of ether oxygens (including phenoxy) is 1. The molecule has 0 aromatic carbocycles. The van der Waals surface area contributed by atoms with E-state index >= 15 is 0 Å². The van der Waals surface area contributed by atoms with Gasteiger partial charge in [-0.05, 0) is 12.8 Å². The van der Waals surface area contributed by atoms with Crippen LogP contribution in [0.15, 0.2) is 13.2 Å². The number of unbranched alkanes of at least 4 members (excludes halogenated alkanes) is 30. The Labute approximate surface area is 277 Å². The van der Waals surface area contributed by atoms with Crippen LogP contribution >= 0.6 is 0 Å². The summed E-state index contributed by atoms with van der Waals surface area (Å²) in [6.45, 7) is 12.6. The Hall–Kier alpha value is -0.430. The molecule has 6 heteroatoms. The van der Waals surface area contributed by atoms with E-state index in [4.69, 9.17) is 22.3 Å². The zero-order chi connectivity index (χ0) is 33.2. The van der Waals surface area contributed by atoms with Crippen LogP contribution in [-0.4, -0.2) is 30.7 Å².